The van der Waals surface area contributed by atoms with Crippen LogP contribution in [0.15, 0.2) is 41.0 Å². The van der Waals surface area contributed by atoms with E-state index in [4.69, 9.17) is 5.73 Å². The number of halogens is 1. The number of imidazole rings is 1. The first-order valence-corrected chi connectivity index (χ1v) is 6.76. The highest BCUT2D eigenvalue weighted by Crippen LogP contribution is 2.20. The molecule has 5 heteroatoms. The molecular formula is C14H13BrN4. The molecule has 0 atom stereocenters. The van der Waals surface area contributed by atoms with E-state index in [1.54, 1.807) is 6.20 Å². The van der Waals surface area contributed by atoms with E-state index in [-0.39, 0.29) is 0 Å². The van der Waals surface area contributed by atoms with Gasteiger partial charge >= 0.3 is 0 Å². The van der Waals surface area contributed by atoms with Crippen molar-refractivity contribution >= 4 is 33.0 Å². The van der Waals surface area contributed by atoms with E-state index in [2.05, 4.69) is 38.0 Å². The van der Waals surface area contributed by atoms with Gasteiger partial charge in [0.2, 0.25) is 5.95 Å². The predicted molar refractivity (Wildman–Crippen MR) is 79.9 cm³/mol. The average Bonchev–Trinajstić information content (AvgIpc) is 2.71. The molecule has 2 aromatic heterocycles. The van der Waals surface area contributed by atoms with Crippen molar-refractivity contribution in [3.05, 3.63) is 52.1 Å². The first-order valence-electron chi connectivity index (χ1n) is 5.97. The van der Waals surface area contributed by atoms with Crippen molar-refractivity contribution in [3.8, 4) is 0 Å². The smallest absolute Gasteiger partial charge is 0.202 e. The molecule has 0 spiro atoms. The molecule has 0 bridgehead atoms. The largest absolute Gasteiger partial charge is 0.369 e. The van der Waals surface area contributed by atoms with Gasteiger partial charge in [-0.2, -0.15) is 0 Å². The van der Waals surface area contributed by atoms with E-state index in [9.17, 15) is 0 Å². The zero-order valence-corrected chi connectivity index (χ0v) is 12.1. The van der Waals surface area contributed by atoms with E-state index in [1.165, 1.54) is 0 Å². The first-order chi connectivity index (χ1) is 9.15. The Morgan fingerprint density at radius 3 is 2.68 bits per heavy atom. The lowest BCUT2D eigenvalue weighted by Crippen LogP contribution is -2.05. The summed E-state index contributed by atoms with van der Waals surface area (Å²) >= 11 is 3.43. The van der Waals surface area contributed by atoms with Gasteiger partial charge in [0, 0.05) is 10.7 Å². The molecule has 0 unspecified atom stereocenters. The Kier molecular flexibility index (Phi) is 2.98. The number of rotatable bonds is 2. The third-order valence-corrected chi connectivity index (χ3v) is 3.65. The van der Waals surface area contributed by atoms with Gasteiger partial charge in [0.25, 0.3) is 0 Å². The Hall–Kier alpha value is -1.88. The van der Waals surface area contributed by atoms with E-state index < -0.39 is 0 Å². The Balaban J connectivity index is 2.07. The van der Waals surface area contributed by atoms with Crippen molar-refractivity contribution in [2.24, 2.45) is 0 Å². The summed E-state index contributed by atoms with van der Waals surface area (Å²) in [5, 5.41) is 0. The molecular weight excluding hydrogens is 304 g/mol. The normalized spacial score (nSPS) is 11.1. The number of anilines is 1. The Morgan fingerprint density at radius 1 is 1.21 bits per heavy atom. The number of aryl methyl sites for hydroxylation is 1. The maximum atomic E-state index is 6.00. The summed E-state index contributed by atoms with van der Waals surface area (Å²) in [7, 11) is 0. The van der Waals surface area contributed by atoms with Crippen molar-refractivity contribution in [1.82, 2.24) is 14.5 Å². The Labute approximate surface area is 119 Å². The van der Waals surface area contributed by atoms with Crippen molar-refractivity contribution in [2.45, 2.75) is 13.5 Å². The predicted octanol–water partition coefficient (Wildman–Crippen LogP) is 3.13. The molecule has 0 aliphatic heterocycles. The van der Waals surface area contributed by atoms with Crippen molar-refractivity contribution in [3.63, 3.8) is 0 Å². The minimum absolute atomic E-state index is 0.500. The van der Waals surface area contributed by atoms with Crippen LogP contribution in [0.5, 0.6) is 0 Å². The zero-order chi connectivity index (χ0) is 13.4. The van der Waals surface area contributed by atoms with Gasteiger partial charge in [0.05, 0.1) is 6.54 Å². The number of benzene rings is 1. The third-order valence-electron chi connectivity index (χ3n) is 3.12. The molecule has 19 heavy (non-hydrogen) atoms. The molecule has 96 valence electrons. The Morgan fingerprint density at radius 2 is 1.95 bits per heavy atom. The maximum Gasteiger partial charge on any atom is 0.202 e. The summed E-state index contributed by atoms with van der Waals surface area (Å²) in [4.78, 5) is 8.78. The summed E-state index contributed by atoms with van der Waals surface area (Å²) in [5.74, 6) is 0.500. The van der Waals surface area contributed by atoms with Gasteiger partial charge in [-0.25, -0.2) is 9.97 Å². The van der Waals surface area contributed by atoms with Crippen LogP contribution in [-0.4, -0.2) is 14.5 Å². The molecule has 0 saturated carbocycles. The number of hydrogen-bond acceptors (Lipinski definition) is 3. The molecule has 0 radical (unpaired) electrons. The van der Waals surface area contributed by atoms with Gasteiger partial charge in [0.15, 0.2) is 5.65 Å². The van der Waals surface area contributed by atoms with Crippen LogP contribution in [0.1, 0.15) is 11.1 Å². The molecule has 3 aromatic rings. The SMILES string of the molecule is Cc1ccnc2c1nc(N)n2Cc1ccc(Br)cc1. The minimum Gasteiger partial charge on any atom is -0.369 e. The monoisotopic (exact) mass is 316 g/mol. The number of pyridine rings is 1. The van der Waals surface area contributed by atoms with Crippen LogP contribution < -0.4 is 5.73 Å². The van der Waals surface area contributed by atoms with Gasteiger partial charge in [-0.3, -0.25) is 4.57 Å². The van der Waals surface area contributed by atoms with Crippen LogP contribution >= 0.6 is 15.9 Å². The van der Waals surface area contributed by atoms with Gasteiger partial charge < -0.3 is 5.73 Å². The zero-order valence-electron chi connectivity index (χ0n) is 10.5. The number of nitrogens with two attached hydrogens (primary N) is 1. The van der Waals surface area contributed by atoms with Crippen molar-refractivity contribution < 1.29 is 0 Å². The fourth-order valence-corrected chi connectivity index (χ4v) is 2.35. The second-order valence-corrected chi connectivity index (χ2v) is 5.40. The number of aromatic nitrogens is 3. The number of fused-ring (bicyclic) bond motifs is 1. The van der Waals surface area contributed by atoms with Gasteiger partial charge in [-0.1, -0.05) is 28.1 Å². The molecule has 0 aliphatic carbocycles. The van der Waals surface area contributed by atoms with Gasteiger partial charge in [-0.15, -0.1) is 0 Å². The molecule has 1 aromatic carbocycles. The average molecular weight is 317 g/mol. The van der Waals surface area contributed by atoms with Crippen molar-refractivity contribution in [2.75, 3.05) is 5.73 Å². The molecule has 3 rings (SSSR count). The quantitative estimate of drug-likeness (QED) is 0.790. The summed E-state index contributed by atoms with van der Waals surface area (Å²) in [5.41, 5.74) is 9.96. The summed E-state index contributed by atoms with van der Waals surface area (Å²) in [6, 6.07) is 10.1. The minimum atomic E-state index is 0.500. The first kappa shape index (κ1) is 12.2. The lowest BCUT2D eigenvalue weighted by Gasteiger charge is -2.06. The molecule has 0 fully saturated rings. The topological polar surface area (TPSA) is 56.7 Å². The lowest BCUT2D eigenvalue weighted by molar-refractivity contribution is 0.827. The van der Waals surface area contributed by atoms with Crippen LogP contribution in [0.4, 0.5) is 5.95 Å². The third kappa shape index (κ3) is 2.21. The molecule has 2 heterocycles. The fraction of sp³-hybridized carbons (Fsp3) is 0.143. The van der Waals surface area contributed by atoms with Crippen LogP contribution in [-0.2, 0) is 6.54 Å². The molecule has 2 N–H and O–H groups in total. The maximum absolute atomic E-state index is 6.00. The summed E-state index contributed by atoms with van der Waals surface area (Å²) in [6.45, 7) is 2.69. The summed E-state index contributed by atoms with van der Waals surface area (Å²) in [6.07, 6.45) is 1.79. The fourth-order valence-electron chi connectivity index (χ4n) is 2.08. The van der Waals surface area contributed by atoms with Gasteiger partial charge in [-0.05, 0) is 36.2 Å². The van der Waals surface area contributed by atoms with E-state index in [1.807, 2.05) is 29.7 Å². The van der Waals surface area contributed by atoms with Crippen molar-refractivity contribution in [1.29, 1.82) is 0 Å². The number of nitrogen functional groups attached to an aromatic ring is 1. The highest BCUT2D eigenvalue weighted by Gasteiger charge is 2.11. The Bertz CT molecular complexity index is 731. The van der Waals surface area contributed by atoms with E-state index >= 15 is 0 Å². The second kappa shape index (κ2) is 4.66. The molecule has 4 nitrogen and oxygen atoms in total. The van der Waals surface area contributed by atoms with Crippen LogP contribution in [0.2, 0.25) is 0 Å². The van der Waals surface area contributed by atoms with Gasteiger partial charge in [0.1, 0.15) is 5.52 Å². The highest BCUT2D eigenvalue weighted by atomic mass is 79.9. The standard InChI is InChI=1S/C14H13BrN4/c1-9-6-7-17-13-12(9)18-14(16)19(13)8-10-2-4-11(15)5-3-10/h2-7H,8H2,1H3,(H2,16,18). The molecule has 0 amide bonds. The lowest BCUT2D eigenvalue weighted by atomic mass is 10.2. The van der Waals surface area contributed by atoms with E-state index in [0.717, 1.165) is 26.8 Å². The second-order valence-electron chi connectivity index (χ2n) is 4.48. The number of nitrogens with zero attached hydrogens (tertiary/aromatic N) is 3. The van der Waals surface area contributed by atoms with Crippen LogP contribution in [0.25, 0.3) is 11.2 Å². The van der Waals surface area contributed by atoms with Crippen LogP contribution in [0.3, 0.4) is 0 Å². The summed E-state index contributed by atoms with van der Waals surface area (Å²) < 4.78 is 3.00. The van der Waals surface area contributed by atoms with Crippen LogP contribution in [0, 0.1) is 6.92 Å². The van der Waals surface area contributed by atoms with E-state index in [0.29, 0.717) is 12.5 Å². The molecule has 0 aliphatic rings. The highest BCUT2D eigenvalue weighted by molar-refractivity contribution is 9.10. The number of hydrogen-bond donors (Lipinski definition) is 1. The molecule has 0 saturated heterocycles.